The van der Waals surface area contributed by atoms with E-state index in [0.717, 1.165) is 16.2 Å². The van der Waals surface area contributed by atoms with Crippen LogP contribution < -0.4 is 19.9 Å². The average molecular weight is 511 g/mol. The van der Waals surface area contributed by atoms with E-state index in [1.165, 1.54) is 31.4 Å². The van der Waals surface area contributed by atoms with Gasteiger partial charge >= 0.3 is 0 Å². The van der Waals surface area contributed by atoms with Crippen molar-refractivity contribution in [3.8, 4) is 5.75 Å². The molecule has 0 radical (unpaired) electrons. The minimum absolute atomic E-state index is 0.108. The maximum absolute atomic E-state index is 14.0. The van der Waals surface area contributed by atoms with E-state index in [0.29, 0.717) is 17.1 Å². The van der Waals surface area contributed by atoms with Crippen LogP contribution in [0.2, 0.25) is 0 Å². The molecule has 2 fully saturated rings. The molecule has 0 unspecified atom stereocenters. The minimum Gasteiger partial charge on any atom is -0.495 e. The Morgan fingerprint density at radius 2 is 1.58 bits per heavy atom. The molecule has 3 aromatic rings. The number of nitrogens with one attached hydrogen (secondary N) is 1. The van der Waals surface area contributed by atoms with Crippen molar-refractivity contribution in [1.29, 1.82) is 0 Å². The topological polar surface area (TPSA) is 122 Å². The van der Waals surface area contributed by atoms with E-state index in [2.05, 4.69) is 5.32 Å². The number of benzene rings is 3. The summed E-state index contributed by atoms with van der Waals surface area (Å²) >= 11 is 0. The van der Waals surface area contributed by atoms with E-state index in [-0.39, 0.29) is 5.69 Å². The number of non-ortho nitro benzene ring substituents is 1. The first-order chi connectivity index (χ1) is 18.4. The fraction of sp³-hybridized carbons (Fsp3) is 0.179. The SMILES string of the molecule is COc1ccccc1N1C(=O)[C@@H]2[C@H](C1=O)[C@H](C(=O)Nc1ccc([N+](=O)[O-])cc1)N1c3ccccc3C=C[C@@H]21. The van der Waals surface area contributed by atoms with Crippen molar-refractivity contribution in [2.45, 2.75) is 12.1 Å². The number of rotatable bonds is 5. The third kappa shape index (κ3) is 3.45. The molecule has 6 rings (SSSR count). The quantitative estimate of drug-likeness (QED) is 0.316. The molecule has 1 N–H and O–H groups in total. The summed E-state index contributed by atoms with van der Waals surface area (Å²) in [5.74, 6) is -2.72. The van der Waals surface area contributed by atoms with Gasteiger partial charge in [0.25, 0.3) is 5.69 Å². The second-order valence-electron chi connectivity index (χ2n) is 9.29. The number of ether oxygens (including phenoxy) is 1. The van der Waals surface area contributed by atoms with Gasteiger partial charge in [-0.25, -0.2) is 4.90 Å². The maximum atomic E-state index is 14.0. The number of nitro groups is 1. The van der Waals surface area contributed by atoms with Crippen molar-refractivity contribution in [3.05, 3.63) is 94.6 Å². The summed E-state index contributed by atoms with van der Waals surface area (Å²) in [5.41, 5.74) is 2.20. The van der Waals surface area contributed by atoms with E-state index in [1.807, 2.05) is 41.3 Å². The van der Waals surface area contributed by atoms with Crippen LogP contribution in [0.25, 0.3) is 6.08 Å². The molecule has 3 heterocycles. The van der Waals surface area contributed by atoms with Crippen molar-refractivity contribution in [1.82, 2.24) is 0 Å². The number of nitrogens with zero attached hydrogens (tertiary/aromatic N) is 3. The van der Waals surface area contributed by atoms with Gasteiger partial charge in [0.2, 0.25) is 17.7 Å². The molecule has 3 amide bonds. The van der Waals surface area contributed by atoms with Crippen LogP contribution in [0.15, 0.2) is 78.9 Å². The molecule has 10 heteroatoms. The van der Waals surface area contributed by atoms with Gasteiger partial charge in [-0.2, -0.15) is 0 Å². The van der Waals surface area contributed by atoms with E-state index in [4.69, 9.17) is 4.74 Å². The lowest BCUT2D eigenvalue weighted by Gasteiger charge is -2.36. The second-order valence-corrected chi connectivity index (χ2v) is 9.29. The Balaban J connectivity index is 1.42. The van der Waals surface area contributed by atoms with Crippen LogP contribution in [-0.2, 0) is 14.4 Å². The van der Waals surface area contributed by atoms with Crippen LogP contribution in [0.3, 0.4) is 0 Å². The molecular formula is C28H22N4O6. The van der Waals surface area contributed by atoms with Crippen molar-refractivity contribution < 1.29 is 24.0 Å². The van der Waals surface area contributed by atoms with Gasteiger partial charge in [0.1, 0.15) is 11.8 Å². The van der Waals surface area contributed by atoms with Gasteiger partial charge in [-0.15, -0.1) is 0 Å². The van der Waals surface area contributed by atoms with E-state index >= 15 is 0 Å². The number of nitro benzene ring substituents is 1. The molecule has 4 atom stereocenters. The minimum atomic E-state index is -0.998. The Bertz CT molecular complexity index is 1520. The van der Waals surface area contributed by atoms with Crippen molar-refractivity contribution >= 4 is 46.5 Å². The van der Waals surface area contributed by atoms with Gasteiger partial charge in [-0.05, 0) is 35.9 Å². The number of amides is 3. The molecule has 3 aromatic carbocycles. The number of fused-ring (bicyclic) bond motifs is 5. The molecule has 2 saturated heterocycles. The summed E-state index contributed by atoms with van der Waals surface area (Å²) in [6, 6.07) is 18.2. The summed E-state index contributed by atoms with van der Waals surface area (Å²) < 4.78 is 5.41. The number of imide groups is 1. The largest absolute Gasteiger partial charge is 0.495 e. The van der Waals surface area contributed by atoms with Gasteiger partial charge in [0.15, 0.2) is 0 Å². The van der Waals surface area contributed by atoms with Crippen LogP contribution >= 0.6 is 0 Å². The summed E-state index contributed by atoms with van der Waals surface area (Å²) in [6.07, 6.45) is 3.78. The highest BCUT2D eigenvalue weighted by Crippen LogP contribution is 2.50. The van der Waals surface area contributed by atoms with Crippen LogP contribution in [0.4, 0.5) is 22.7 Å². The number of hydrogen-bond acceptors (Lipinski definition) is 7. The zero-order valence-electron chi connectivity index (χ0n) is 20.2. The molecule has 3 aliphatic rings. The van der Waals surface area contributed by atoms with Gasteiger partial charge in [0.05, 0.1) is 35.6 Å². The first kappa shape index (κ1) is 23.4. The first-order valence-corrected chi connectivity index (χ1v) is 12.0. The first-order valence-electron chi connectivity index (χ1n) is 12.0. The Morgan fingerprint density at radius 1 is 0.921 bits per heavy atom. The van der Waals surface area contributed by atoms with E-state index < -0.39 is 46.6 Å². The highest BCUT2D eigenvalue weighted by atomic mass is 16.6. The predicted molar refractivity (Wildman–Crippen MR) is 140 cm³/mol. The number of carbonyl (C=O) groups is 3. The molecule has 38 heavy (non-hydrogen) atoms. The molecule has 0 aliphatic carbocycles. The maximum Gasteiger partial charge on any atom is 0.269 e. The average Bonchev–Trinajstić information content (AvgIpc) is 3.41. The number of para-hydroxylation sites is 3. The number of methoxy groups -OCH3 is 1. The zero-order chi connectivity index (χ0) is 26.6. The molecular weight excluding hydrogens is 488 g/mol. The Hall–Kier alpha value is -4.99. The van der Waals surface area contributed by atoms with Crippen LogP contribution in [-0.4, -0.2) is 41.8 Å². The van der Waals surface area contributed by atoms with Gasteiger partial charge in [-0.1, -0.05) is 42.5 Å². The van der Waals surface area contributed by atoms with Gasteiger partial charge in [0, 0.05) is 23.5 Å². The van der Waals surface area contributed by atoms with Gasteiger partial charge in [-0.3, -0.25) is 24.5 Å². The summed E-state index contributed by atoms with van der Waals surface area (Å²) in [5, 5.41) is 13.8. The van der Waals surface area contributed by atoms with Crippen LogP contribution in [0, 0.1) is 22.0 Å². The predicted octanol–water partition coefficient (Wildman–Crippen LogP) is 3.63. The third-order valence-corrected chi connectivity index (χ3v) is 7.36. The highest BCUT2D eigenvalue weighted by molar-refractivity contribution is 6.25. The smallest absolute Gasteiger partial charge is 0.269 e. The molecule has 10 nitrogen and oxygen atoms in total. The molecule has 3 aliphatic heterocycles. The fourth-order valence-corrected chi connectivity index (χ4v) is 5.75. The van der Waals surface area contributed by atoms with Gasteiger partial charge < -0.3 is 15.0 Å². The molecule has 0 aromatic heterocycles. The summed E-state index contributed by atoms with van der Waals surface area (Å²) in [4.78, 5) is 55.1. The monoisotopic (exact) mass is 510 g/mol. The molecule has 190 valence electrons. The van der Waals surface area contributed by atoms with E-state index in [9.17, 15) is 24.5 Å². The standard InChI is InChI=1S/C28H22N4O6/c1-38-22-9-5-4-8-20(22)31-27(34)23-21-15-10-16-6-2-3-7-19(16)30(21)25(24(23)28(31)35)26(33)29-17-11-13-18(14-12-17)32(36)37/h2-15,21,23-25H,1H3,(H,29,33)/t21-,23-,24-,25+/m0/s1. The molecule has 0 bridgehead atoms. The number of anilines is 3. The number of carbonyl (C=O) groups excluding carboxylic acids is 3. The lowest BCUT2D eigenvalue weighted by atomic mass is 9.88. The van der Waals surface area contributed by atoms with Crippen molar-refractivity contribution in [2.75, 3.05) is 22.2 Å². The van der Waals surface area contributed by atoms with Crippen molar-refractivity contribution in [2.24, 2.45) is 11.8 Å². The Labute approximate surface area is 217 Å². The summed E-state index contributed by atoms with van der Waals surface area (Å²) in [7, 11) is 1.47. The third-order valence-electron chi connectivity index (χ3n) is 7.36. The molecule has 0 saturated carbocycles. The lowest BCUT2D eigenvalue weighted by molar-refractivity contribution is -0.384. The lowest BCUT2D eigenvalue weighted by Crippen LogP contribution is -2.50. The van der Waals surface area contributed by atoms with Crippen LogP contribution in [0.5, 0.6) is 5.75 Å². The normalized spacial score (nSPS) is 23.1. The Kier molecular flexibility index (Phi) is 5.45. The number of hydrogen-bond donors (Lipinski definition) is 1. The Morgan fingerprint density at radius 3 is 2.29 bits per heavy atom. The molecule has 0 spiro atoms. The second kappa shape index (κ2) is 8.84. The summed E-state index contributed by atoms with van der Waals surface area (Å²) in [6.45, 7) is 0. The zero-order valence-corrected chi connectivity index (χ0v) is 20.2. The van der Waals surface area contributed by atoms with Crippen molar-refractivity contribution in [3.63, 3.8) is 0 Å². The highest BCUT2D eigenvalue weighted by Gasteiger charge is 2.64. The van der Waals surface area contributed by atoms with E-state index in [1.54, 1.807) is 24.3 Å². The van der Waals surface area contributed by atoms with Crippen LogP contribution in [0.1, 0.15) is 5.56 Å². The fourth-order valence-electron chi connectivity index (χ4n) is 5.75.